The topological polar surface area (TPSA) is 41.5 Å². The monoisotopic (exact) mass is 221 g/mol. The van der Waals surface area contributed by atoms with Gasteiger partial charge in [-0.1, -0.05) is 18.2 Å². The zero-order valence-corrected chi connectivity index (χ0v) is 9.65. The lowest BCUT2D eigenvalue weighted by molar-refractivity contribution is 0.180. The number of phenols is 1. The number of benzene rings is 1. The first-order valence-electron chi connectivity index (χ1n) is 5.83. The Morgan fingerprint density at radius 2 is 2.31 bits per heavy atom. The van der Waals surface area contributed by atoms with E-state index in [2.05, 4.69) is 5.32 Å². The molecule has 0 spiro atoms. The van der Waals surface area contributed by atoms with Crippen molar-refractivity contribution >= 4 is 0 Å². The summed E-state index contributed by atoms with van der Waals surface area (Å²) < 4.78 is 5.44. The largest absolute Gasteiger partial charge is 0.508 e. The van der Waals surface area contributed by atoms with E-state index in [1.165, 1.54) is 0 Å². The quantitative estimate of drug-likeness (QED) is 0.813. The number of aromatic hydroxyl groups is 1. The second kappa shape index (κ2) is 5.32. The predicted molar refractivity (Wildman–Crippen MR) is 63.7 cm³/mol. The van der Waals surface area contributed by atoms with Crippen molar-refractivity contribution in [2.45, 2.75) is 12.3 Å². The van der Waals surface area contributed by atoms with Gasteiger partial charge in [-0.15, -0.1) is 0 Å². The van der Waals surface area contributed by atoms with Crippen molar-refractivity contribution in [2.24, 2.45) is 5.92 Å². The first kappa shape index (κ1) is 11.4. The number of ether oxygens (including phenoxy) is 1. The van der Waals surface area contributed by atoms with Gasteiger partial charge in [0.15, 0.2) is 0 Å². The van der Waals surface area contributed by atoms with Gasteiger partial charge >= 0.3 is 0 Å². The number of nitrogens with one attached hydrogen (secondary N) is 1. The summed E-state index contributed by atoms with van der Waals surface area (Å²) in [5.74, 6) is 1.25. The van der Waals surface area contributed by atoms with E-state index in [1.54, 1.807) is 6.07 Å². The molecule has 0 saturated carbocycles. The SMILES string of the molecule is CNCC(c1ccccc1O)C1CCOC1. The van der Waals surface area contributed by atoms with E-state index in [9.17, 15) is 5.11 Å². The molecule has 1 heterocycles. The Bertz CT molecular complexity index is 334. The number of likely N-dealkylation sites (N-methyl/N-ethyl adjacent to an activating group) is 1. The van der Waals surface area contributed by atoms with Crippen molar-refractivity contribution in [1.82, 2.24) is 5.32 Å². The van der Waals surface area contributed by atoms with Crippen molar-refractivity contribution in [3.63, 3.8) is 0 Å². The van der Waals surface area contributed by atoms with Gasteiger partial charge in [-0.05, 0) is 31.0 Å². The second-order valence-electron chi connectivity index (χ2n) is 4.35. The predicted octanol–water partition coefficient (Wildman–Crippen LogP) is 1.73. The molecule has 88 valence electrons. The summed E-state index contributed by atoms with van der Waals surface area (Å²) in [7, 11) is 1.95. The fraction of sp³-hybridized carbons (Fsp3) is 0.538. The summed E-state index contributed by atoms with van der Waals surface area (Å²) in [5.41, 5.74) is 1.03. The van der Waals surface area contributed by atoms with Crippen molar-refractivity contribution in [3.05, 3.63) is 29.8 Å². The Kier molecular flexibility index (Phi) is 3.80. The van der Waals surface area contributed by atoms with Crippen LogP contribution in [0.1, 0.15) is 17.9 Å². The van der Waals surface area contributed by atoms with E-state index in [1.807, 2.05) is 25.2 Å². The molecule has 0 aromatic heterocycles. The van der Waals surface area contributed by atoms with Crippen LogP contribution in [0.15, 0.2) is 24.3 Å². The fourth-order valence-corrected chi connectivity index (χ4v) is 2.42. The van der Waals surface area contributed by atoms with Crippen LogP contribution >= 0.6 is 0 Å². The van der Waals surface area contributed by atoms with E-state index in [0.29, 0.717) is 17.6 Å². The third kappa shape index (κ3) is 2.36. The number of para-hydroxylation sites is 1. The molecule has 3 heteroatoms. The summed E-state index contributed by atoms with van der Waals surface area (Å²) in [5, 5.41) is 13.1. The van der Waals surface area contributed by atoms with Crippen LogP contribution in [-0.2, 0) is 4.74 Å². The van der Waals surface area contributed by atoms with Crippen molar-refractivity contribution in [3.8, 4) is 5.75 Å². The van der Waals surface area contributed by atoms with Gasteiger partial charge in [-0.2, -0.15) is 0 Å². The number of hydrogen-bond donors (Lipinski definition) is 2. The normalized spacial score (nSPS) is 22.2. The van der Waals surface area contributed by atoms with Gasteiger partial charge in [-0.25, -0.2) is 0 Å². The van der Waals surface area contributed by atoms with Crippen LogP contribution in [0.4, 0.5) is 0 Å². The molecule has 0 bridgehead atoms. The molecule has 1 aliphatic rings. The van der Waals surface area contributed by atoms with Crippen molar-refractivity contribution < 1.29 is 9.84 Å². The maximum atomic E-state index is 9.90. The highest BCUT2D eigenvalue weighted by Gasteiger charge is 2.27. The molecule has 0 aliphatic carbocycles. The lowest BCUT2D eigenvalue weighted by Gasteiger charge is -2.23. The van der Waals surface area contributed by atoms with Crippen molar-refractivity contribution in [1.29, 1.82) is 0 Å². The molecule has 0 radical (unpaired) electrons. The van der Waals surface area contributed by atoms with E-state index in [4.69, 9.17) is 4.74 Å². The molecule has 1 aromatic carbocycles. The highest BCUT2D eigenvalue weighted by molar-refractivity contribution is 5.35. The Hall–Kier alpha value is -1.06. The maximum absolute atomic E-state index is 9.90. The summed E-state index contributed by atoms with van der Waals surface area (Å²) in [4.78, 5) is 0. The Labute approximate surface area is 96.4 Å². The molecule has 0 amide bonds. The Morgan fingerprint density at radius 3 is 2.94 bits per heavy atom. The molecule has 1 fully saturated rings. The van der Waals surface area contributed by atoms with Crippen LogP contribution in [0.25, 0.3) is 0 Å². The molecule has 2 N–H and O–H groups in total. The smallest absolute Gasteiger partial charge is 0.119 e. The zero-order chi connectivity index (χ0) is 11.4. The maximum Gasteiger partial charge on any atom is 0.119 e. The van der Waals surface area contributed by atoms with E-state index in [0.717, 1.165) is 31.7 Å². The highest BCUT2D eigenvalue weighted by atomic mass is 16.5. The number of hydrogen-bond acceptors (Lipinski definition) is 3. The van der Waals surface area contributed by atoms with Crippen LogP contribution < -0.4 is 5.32 Å². The van der Waals surface area contributed by atoms with E-state index < -0.39 is 0 Å². The second-order valence-corrected chi connectivity index (χ2v) is 4.35. The van der Waals surface area contributed by atoms with Crippen LogP contribution in [0, 0.1) is 5.92 Å². The highest BCUT2D eigenvalue weighted by Crippen LogP contribution is 2.34. The van der Waals surface area contributed by atoms with Gasteiger partial charge in [-0.3, -0.25) is 0 Å². The molecule has 16 heavy (non-hydrogen) atoms. The zero-order valence-electron chi connectivity index (χ0n) is 9.65. The third-order valence-corrected chi connectivity index (χ3v) is 3.29. The molecule has 1 aromatic rings. The third-order valence-electron chi connectivity index (χ3n) is 3.29. The van der Waals surface area contributed by atoms with Crippen LogP contribution in [0.3, 0.4) is 0 Å². The standard InChI is InChI=1S/C13H19NO2/c1-14-8-12(10-6-7-16-9-10)11-4-2-3-5-13(11)15/h2-5,10,12,14-15H,6-9H2,1H3. The van der Waals surface area contributed by atoms with Gasteiger partial charge in [0.1, 0.15) is 5.75 Å². The lowest BCUT2D eigenvalue weighted by atomic mass is 9.85. The number of phenolic OH excluding ortho intramolecular Hbond substituents is 1. The van der Waals surface area contributed by atoms with Gasteiger partial charge in [0, 0.05) is 19.1 Å². The summed E-state index contributed by atoms with van der Waals surface area (Å²) in [6.45, 7) is 2.53. The first-order chi connectivity index (χ1) is 7.83. The minimum absolute atomic E-state index is 0.341. The van der Waals surface area contributed by atoms with Crippen LogP contribution in [0.5, 0.6) is 5.75 Å². The summed E-state index contributed by atoms with van der Waals surface area (Å²) in [6, 6.07) is 7.61. The van der Waals surface area contributed by atoms with Crippen molar-refractivity contribution in [2.75, 3.05) is 26.8 Å². The average molecular weight is 221 g/mol. The average Bonchev–Trinajstić information content (AvgIpc) is 2.80. The lowest BCUT2D eigenvalue weighted by Crippen LogP contribution is -2.24. The number of rotatable bonds is 4. The van der Waals surface area contributed by atoms with Gasteiger partial charge < -0.3 is 15.2 Å². The first-order valence-corrected chi connectivity index (χ1v) is 5.83. The van der Waals surface area contributed by atoms with Gasteiger partial charge in [0.25, 0.3) is 0 Å². The molecule has 1 aliphatic heterocycles. The Balaban J connectivity index is 2.21. The minimum Gasteiger partial charge on any atom is -0.508 e. The fourth-order valence-electron chi connectivity index (χ4n) is 2.42. The van der Waals surface area contributed by atoms with E-state index in [-0.39, 0.29) is 0 Å². The molecule has 3 nitrogen and oxygen atoms in total. The molecule has 1 saturated heterocycles. The molecule has 2 unspecified atom stereocenters. The van der Waals surface area contributed by atoms with Crippen LogP contribution in [-0.4, -0.2) is 31.9 Å². The van der Waals surface area contributed by atoms with Crippen LogP contribution in [0.2, 0.25) is 0 Å². The summed E-state index contributed by atoms with van der Waals surface area (Å²) in [6.07, 6.45) is 1.08. The van der Waals surface area contributed by atoms with Gasteiger partial charge in [0.2, 0.25) is 0 Å². The molecule has 2 atom stereocenters. The molecule has 2 rings (SSSR count). The molecular weight excluding hydrogens is 202 g/mol. The summed E-state index contributed by atoms with van der Waals surface area (Å²) >= 11 is 0. The van der Waals surface area contributed by atoms with E-state index >= 15 is 0 Å². The Morgan fingerprint density at radius 1 is 1.50 bits per heavy atom. The van der Waals surface area contributed by atoms with Gasteiger partial charge in [0.05, 0.1) is 6.61 Å². The minimum atomic E-state index is 0.341. The molecular formula is C13H19NO2.